The van der Waals surface area contributed by atoms with Gasteiger partial charge in [-0.2, -0.15) is 0 Å². The first-order chi connectivity index (χ1) is 8.41. The summed E-state index contributed by atoms with van der Waals surface area (Å²) in [5.74, 6) is 0.787. The summed E-state index contributed by atoms with van der Waals surface area (Å²) < 4.78 is 0. The highest BCUT2D eigenvalue weighted by Gasteiger charge is 2.22. The van der Waals surface area contributed by atoms with Crippen LogP contribution in [0.3, 0.4) is 0 Å². The highest BCUT2D eigenvalue weighted by Crippen LogP contribution is 2.29. The van der Waals surface area contributed by atoms with Gasteiger partial charge in [0.05, 0.1) is 0 Å². The van der Waals surface area contributed by atoms with Crippen LogP contribution in [0.15, 0.2) is 0 Å². The molecular formula is C17H37N. The first-order valence-electron chi connectivity index (χ1n) is 8.09. The van der Waals surface area contributed by atoms with Crippen molar-refractivity contribution in [3.8, 4) is 0 Å². The van der Waals surface area contributed by atoms with Crippen molar-refractivity contribution in [2.45, 2.75) is 92.0 Å². The van der Waals surface area contributed by atoms with E-state index in [0.717, 1.165) is 5.92 Å². The summed E-state index contributed by atoms with van der Waals surface area (Å²) in [6.07, 6.45) is 11.1. The van der Waals surface area contributed by atoms with E-state index in [1.54, 1.807) is 0 Å². The van der Waals surface area contributed by atoms with Crippen molar-refractivity contribution in [2.24, 2.45) is 11.3 Å². The summed E-state index contributed by atoms with van der Waals surface area (Å²) in [6, 6.07) is 0.713. The summed E-state index contributed by atoms with van der Waals surface area (Å²) in [7, 11) is 2.12. The molecule has 110 valence electrons. The SMILES string of the molecule is CCCCCCCCC(CC(C)C(C)(C)C)NC. The van der Waals surface area contributed by atoms with Crippen LogP contribution in [0.2, 0.25) is 0 Å². The quantitative estimate of drug-likeness (QED) is 0.516. The number of nitrogens with one attached hydrogen (secondary N) is 1. The molecule has 0 aliphatic rings. The van der Waals surface area contributed by atoms with Crippen molar-refractivity contribution in [3.05, 3.63) is 0 Å². The molecule has 0 saturated carbocycles. The lowest BCUT2D eigenvalue weighted by atomic mass is 9.78. The molecule has 0 amide bonds. The second kappa shape index (κ2) is 9.83. The van der Waals surface area contributed by atoms with Gasteiger partial charge in [0.25, 0.3) is 0 Å². The van der Waals surface area contributed by atoms with Crippen LogP contribution in [-0.4, -0.2) is 13.1 Å². The molecule has 1 nitrogen and oxygen atoms in total. The Balaban J connectivity index is 3.71. The minimum absolute atomic E-state index is 0.441. The molecule has 0 aromatic carbocycles. The molecule has 18 heavy (non-hydrogen) atoms. The van der Waals surface area contributed by atoms with Gasteiger partial charge in [0.15, 0.2) is 0 Å². The number of unbranched alkanes of at least 4 members (excludes halogenated alkanes) is 5. The minimum atomic E-state index is 0.441. The van der Waals surface area contributed by atoms with E-state index in [-0.39, 0.29) is 0 Å². The summed E-state index contributed by atoms with van der Waals surface area (Å²) in [5.41, 5.74) is 0.441. The lowest BCUT2D eigenvalue weighted by Gasteiger charge is -2.30. The van der Waals surface area contributed by atoms with Gasteiger partial charge in [0.2, 0.25) is 0 Å². The predicted molar refractivity (Wildman–Crippen MR) is 84.1 cm³/mol. The lowest BCUT2D eigenvalue weighted by molar-refractivity contribution is 0.220. The van der Waals surface area contributed by atoms with E-state index in [1.165, 1.54) is 51.4 Å². The van der Waals surface area contributed by atoms with Crippen LogP contribution in [0.5, 0.6) is 0 Å². The van der Waals surface area contributed by atoms with Gasteiger partial charge in [-0.05, 0) is 31.2 Å². The van der Waals surface area contributed by atoms with Gasteiger partial charge >= 0.3 is 0 Å². The maximum absolute atomic E-state index is 3.51. The molecule has 0 rings (SSSR count). The van der Waals surface area contributed by atoms with Gasteiger partial charge < -0.3 is 5.32 Å². The average molecular weight is 255 g/mol. The molecule has 1 heteroatoms. The summed E-state index contributed by atoms with van der Waals surface area (Å²) in [5, 5.41) is 3.51. The summed E-state index contributed by atoms with van der Waals surface area (Å²) >= 11 is 0. The fraction of sp³-hybridized carbons (Fsp3) is 1.00. The molecule has 0 bridgehead atoms. The molecule has 0 aliphatic carbocycles. The fourth-order valence-corrected chi connectivity index (χ4v) is 2.33. The Labute approximate surface area is 116 Å². The maximum atomic E-state index is 3.51. The monoisotopic (exact) mass is 255 g/mol. The zero-order chi connectivity index (χ0) is 14.0. The van der Waals surface area contributed by atoms with E-state index < -0.39 is 0 Å². The van der Waals surface area contributed by atoms with E-state index in [0.29, 0.717) is 11.5 Å². The molecule has 0 aromatic rings. The molecule has 0 radical (unpaired) electrons. The third kappa shape index (κ3) is 8.97. The van der Waals surface area contributed by atoms with E-state index >= 15 is 0 Å². The van der Waals surface area contributed by atoms with Crippen LogP contribution in [0, 0.1) is 11.3 Å². The summed E-state index contributed by atoms with van der Waals surface area (Å²) in [6.45, 7) is 11.7. The molecule has 0 heterocycles. The van der Waals surface area contributed by atoms with E-state index in [1.807, 2.05) is 0 Å². The molecule has 0 spiro atoms. The highest BCUT2D eigenvalue weighted by atomic mass is 14.9. The van der Waals surface area contributed by atoms with Crippen molar-refractivity contribution in [2.75, 3.05) is 7.05 Å². The normalized spacial score (nSPS) is 15.7. The van der Waals surface area contributed by atoms with Crippen LogP contribution in [0.1, 0.15) is 86.0 Å². The van der Waals surface area contributed by atoms with Crippen LogP contribution >= 0.6 is 0 Å². The van der Waals surface area contributed by atoms with Crippen molar-refractivity contribution >= 4 is 0 Å². The van der Waals surface area contributed by atoms with Gasteiger partial charge in [0, 0.05) is 6.04 Å². The Bertz CT molecular complexity index is 181. The second-order valence-electron chi connectivity index (χ2n) is 7.04. The Morgan fingerprint density at radius 2 is 1.50 bits per heavy atom. The van der Waals surface area contributed by atoms with Crippen LogP contribution in [0.4, 0.5) is 0 Å². The van der Waals surface area contributed by atoms with Crippen LogP contribution < -0.4 is 5.32 Å². The fourth-order valence-electron chi connectivity index (χ4n) is 2.33. The zero-order valence-corrected chi connectivity index (χ0v) is 13.8. The van der Waals surface area contributed by atoms with Gasteiger partial charge in [-0.25, -0.2) is 0 Å². The molecule has 0 saturated heterocycles. The number of hydrogen-bond donors (Lipinski definition) is 1. The lowest BCUT2D eigenvalue weighted by Crippen LogP contribution is -2.31. The molecule has 0 aromatic heterocycles. The summed E-state index contributed by atoms with van der Waals surface area (Å²) in [4.78, 5) is 0. The largest absolute Gasteiger partial charge is 0.317 e. The van der Waals surface area contributed by atoms with Crippen molar-refractivity contribution in [1.29, 1.82) is 0 Å². The Hall–Kier alpha value is -0.0400. The van der Waals surface area contributed by atoms with E-state index in [4.69, 9.17) is 0 Å². The first-order valence-corrected chi connectivity index (χ1v) is 8.09. The Morgan fingerprint density at radius 3 is 2.00 bits per heavy atom. The second-order valence-corrected chi connectivity index (χ2v) is 7.04. The average Bonchev–Trinajstić information content (AvgIpc) is 2.30. The standard InChI is InChI=1S/C17H37N/c1-7-8-9-10-11-12-13-16(18-6)14-15(2)17(3,4)5/h15-16,18H,7-14H2,1-6H3. The van der Waals surface area contributed by atoms with E-state index in [9.17, 15) is 0 Å². The highest BCUT2D eigenvalue weighted by molar-refractivity contribution is 4.76. The number of rotatable bonds is 10. The number of hydrogen-bond acceptors (Lipinski definition) is 1. The van der Waals surface area contributed by atoms with Gasteiger partial charge in [-0.15, -0.1) is 0 Å². The van der Waals surface area contributed by atoms with Crippen molar-refractivity contribution in [1.82, 2.24) is 5.32 Å². The maximum Gasteiger partial charge on any atom is 0.00668 e. The van der Waals surface area contributed by atoms with Crippen molar-refractivity contribution < 1.29 is 0 Å². The predicted octanol–water partition coefficient (Wildman–Crippen LogP) is 5.40. The van der Waals surface area contributed by atoms with Crippen LogP contribution in [-0.2, 0) is 0 Å². The minimum Gasteiger partial charge on any atom is -0.317 e. The topological polar surface area (TPSA) is 12.0 Å². The van der Waals surface area contributed by atoms with Crippen LogP contribution in [0.25, 0.3) is 0 Å². The third-order valence-electron chi connectivity index (χ3n) is 4.43. The van der Waals surface area contributed by atoms with Gasteiger partial charge in [-0.1, -0.05) is 73.1 Å². The molecule has 2 unspecified atom stereocenters. The van der Waals surface area contributed by atoms with Gasteiger partial charge in [-0.3, -0.25) is 0 Å². The molecular weight excluding hydrogens is 218 g/mol. The third-order valence-corrected chi connectivity index (χ3v) is 4.43. The molecule has 0 aliphatic heterocycles. The first kappa shape index (κ1) is 18.0. The zero-order valence-electron chi connectivity index (χ0n) is 13.8. The van der Waals surface area contributed by atoms with E-state index in [2.05, 4.69) is 47.0 Å². The van der Waals surface area contributed by atoms with Gasteiger partial charge in [0.1, 0.15) is 0 Å². The molecule has 0 fully saturated rings. The Kier molecular flexibility index (Phi) is 9.81. The molecule has 1 N–H and O–H groups in total. The smallest absolute Gasteiger partial charge is 0.00668 e. The van der Waals surface area contributed by atoms with Crippen molar-refractivity contribution in [3.63, 3.8) is 0 Å². The Morgan fingerprint density at radius 1 is 0.944 bits per heavy atom. The molecule has 2 atom stereocenters.